The van der Waals surface area contributed by atoms with E-state index in [-0.39, 0.29) is 17.0 Å². The average molecular weight is 286 g/mol. The van der Waals surface area contributed by atoms with Crippen LogP contribution in [0.2, 0.25) is 0 Å². The molecule has 0 saturated carbocycles. The summed E-state index contributed by atoms with van der Waals surface area (Å²) < 4.78 is 39.9. The molecule has 0 aromatic heterocycles. The molecule has 0 radical (unpaired) electrons. The van der Waals surface area contributed by atoms with Crippen LogP contribution in [0.15, 0.2) is 29.2 Å². The summed E-state index contributed by atoms with van der Waals surface area (Å²) in [5, 5.41) is 3.33. The first-order valence-electron chi connectivity index (χ1n) is 6.42. The number of hydrogen-bond donors (Lipinski definition) is 2. The monoisotopic (exact) mass is 286 g/mol. The van der Waals surface area contributed by atoms with Gasteiger partial charge in [0.25, 0.3) is 0 Å². The predicted octanol–water partition coefficient (Wildman–Crippen LogP) is 1.63. The molecule has 1 aromatic carbocycles. The molecule has 1 aliphatic heterocycles. The van der Waals surface area contributed by atoms with Crippen molar-refractivity contribution in [2.75, 3.05) is 0 Å². The van der Waals surface area contributed by atoms with Crippen molar-refractivity contribution in [3.05, 3.63) is 30.1 Å². The van der Waals surface area contributed by atoms with Gasteiger partial charge in [0.1, 0.15) is 5.82 Å². The first-order chi connectivity index (χ1) is 8.88. The zero-order chi connectivity index (χ0) is 14.0. The van der Waals surface area contributed by atoms with E-state index in [1.807, 2.05) is 6.92 Å². The Bertz CT molecular complexity index is 530. The van der Waals surface area contributed by atoms with Gasteiger partial charge in [0.15, 0.2) is 0 Å². The molecule has 1 saturated heterocycles. The Hall–Kier alpha value is -0.980. The maximum atomic E-state index is 12.8. The van der Waals surface area contributed by atoms with E-state index in [9.17, 15) is 12.8 Å². The molecule has 1 aliphatic rings. The maximum Gasteiger partial charge on any atom is 0.240 e. The van der Waals surface area contributed by atoms with Crippen molar-refractivity contribution in [3.8, 4) is 0 Å². The average Bonchev–Trinajstić information content (AvgIpc) is 2.33. The summed E-state index contributed by atoms with van der Waals surface area (Å²) >= 11 is 0. The van der Waals surface area contributed by atoms with Crippen LogP contribution >= 0.6 is 0 Å². The number of piperidine rings is 1. The molecule has 1 aromatic rings. The van der Waals surface area contributed by atoms with Gasteiger partial charge in [-0.3, -0.25) is 0 Å². The van der Waals surface area contributed by atoms with E-state index < -0.39 is 15.8 Å². The van der Waals surface area contributed by atoms with Gasteiger partial charge in [0, 0.05) is 18.1 Å². The summed E-state index contributed by atoms with van der Waals surface area (Å²) in [7, 11) is -3.58. The van der Waals surface area contributed by atoms with E-state index >= 15 is 0 Å². The third kappa shape index (κ3) is 3.52. The van der Waals surface area contributed by atoms with Crippen molar-refractivity contribution in [1.82, 2.24) is 10.0 Å². The van der Waals surface area contributed by atoms with Crippen LogP contribution in [-0.4, -0.2) is 26.5 Å². The second-order valence-corrected chi connectivity index (χ2v) is 6.83. The quantitative estimate of drug-likeness (QED) is 0.888. The van der Waals surface area contributed by atoms with E-state index in [0.717, 1.165) is 25.0 Å². The molecule has 2 N–H and O–H groups in total. The molecule has 2 rings (SSSR count). The molecule has 0 spiro atoms. The topological polar surface area (TPSA) is 58.2 Å². The largest absolute Gasteiger partial charge is 0.310 e. The van der Waals surface area contributed by atoms with E-state index in [4.69, 9.17) is 0 Å². The fraction of sp³-hybridized carbons (Fsp3) is 0.538. The summed E-state index contributed by atoms with van der Waals surface area (Å²) in [6, 6.07) is 5.22. The van der Waals surface area contributed by atoms with Gasteiger partial charge in [0.05, 0.1) is 4.90 Å². The number of sulfonamides is 1. The first kappa shape index (κ1) is 14.4. The molecule has 19 heavy (non-hydrogen) atoms. The molecule has 106 valence electrons. The lowest BCUT2D eigenvalue weighted by atomic mass is 9.96. The maximum absolute atomic E-state index is 12.8. The molecule has 0 amide bonds. The van der Waals surface area contributed by atoms with Gasteiger partial charge in [-0.15, -0.1) is 0 Å². The zero-order valence-electron chi connectivity index (χ0n) is 11.1. The Kier molecular flexibility index (Phi) is 4.23. The molecule has 1 heterocycles. The van der Waals surface area contributed by atoms with Crippen LogP contribution < -0.4 is 10.0 Å². The standard InChI is InChI=1S/C13H19FN2O2S/c1-9-3-8-13(10(2)15-9)16-19(17,18)12-6-4-11(14)5-7-12/h4-7,9-10,13,15-16H,3,8H2,1-2H3. The Labute approximate surface area is 113 Å². The Morgan fingerprint density at radius 2 is 1.84 bits per heavy atom. The second-order valence-electron chi connectivity index (χ2n) is 5.12. The van der Waals surface area contributed by atoms with E-state index in [1.54, 1.807) is 0 Å². The third-order valence-corrected chi connectivity index (χ3v) is 5.00. The van der Waals surface area contributed by atoms with E-state index in [2.05, 4.69) is 17.0 Å². The van der Waals surface area contributed by atoms with Crippen molar-refractivity contribution < 1.29 is 12.8 Å². The lowest BCUT2D eigenvalue weighted by Crippen LogP contribution is -2.54. The van der Waals surface area contributed by atoms with Crippen LogP contribution in [0, 0.1) is 5.82 Å². The van der Waals surface area contributed by atoms with Crippen molar-refractivity contribution in [2.24, 2.45) is 0 Å². The van der Waals surface area contributed by atoms with Gasteiger partial charge < -0.3 is 5.32 Å². The van der Waals surface area contributed by atoms with Gasteiger partial charge in [-0.05, 0) is 51.0 Å². The van der Waals surface area contributed by atoms with Gasteiger partial charge >= 0.3 is 0 Å². The van der Waals surface area contributed by atoms with Gasteiger partial charge in [-0.1, -0.05) is 0 Å². The highest BCUT2D eigenvalue weighted by atomic mass is 32.2. The second kappa shape index (κ2) is 5.56. The number of halogens is 1. The van der Waals surface area contributed by atoms with Gasteiger partial charge in [0.2, 0.25) is 10.0 Å². The van der Waals surface area contributed by atoms with Crippen LogP contribution in [0.4, 0.5) is 4.39 Å². The van der Waals surface area contributed by atoms with Crippen LogP contribution in [0.5, 0.6) is 0 Å². The fourth-order valence-electron chi connectivity index (χ4n) is 2.37. The molecule has 3 unspecified atom stereocenters. The molecule has 0 aliphatic carbocycles. The SMILES string of the molecule is CC1CCC(NS(=O)(=O)c2ccc(F)cc2)C(C)N1. The number of rotatable bonds is 3. The van der Waals surface area contributed by atoms with Crippen LogP contribution in [0.3, 0.4) is 0 Å². The smallest absolute Gasteiger partial charge is 0.240 e. The number of benzene rings is 1. The minimum absolute atomic E-state index is 0.0824. The minimum atomic E-state index is -3.58. The van der Waals surface area contributed by atoms with E-state index in [0.29, 0.717) is 6.04 Å². The van der Waals surface area contributed by atoms with Crippen molar-refractivity contribution >= 4 is 10.0 Å². The highest BCUT2D eigenvalue weighted by molar-refractivity contribution is 7.89. The van der Waals surface area contributed by atoms with Crippen molar-refractivity contribution in [3.63, 3.8) is 0 Å². The fourth-order valence-corrected chi connectivity index (χ4v) is 3.72. The highest BCUT2D eigenvalue weighted by Crippen LogP contribution is 2.17. The Morgan fingerprint density at radius 1 is 1.21 bits per heavy atom. The van der Waals surface area contributed by atoms with E-state index in [1.165, 1.54) is 12.1 Å². The molecule has 0 bridgehead atoms. The Morgan fingerprint density at radius 3 is 2.42 bits per heavy atom. The van der Waals surface area contributed by atoms with Crippen molar-refractivity contribution in [1.29, 1.82) is 0 Å². The molecule has 1 fully saturated rings. The lowest BCUT2D eigenvalue weighted by molar-refractivity contribution is 0.297. The molecule has 4 nitrogen and oxygen atoms in total. The normalized spacial score (nSPS) is 28.3. The van der Waals surface area contributed by atoms with Crippen LogP contribution in [-0.2, 0) is 10.0 Å². The minimum Gasteiger partial charge on any atom is -0.310 e. The van der Waals surface area contributed by atoms with Crippen LogP contribution in [0.1, 0.15) is 26.7 Å². The predicted molar refractivity (Wildman–Crippen MR) is 71.8 cm³/mol. The molecule has 3 atom stereocenters. The lowest BCUT2D eigenvalue weighted by Gasteiger charge is -2.34. The zero-order valence-corrected chi connectivity index (χ0v) is 11.9. The Balaban J connectivity index is 2.11. The summed E-state index contributed by atoms with van der Waals surface area (Å²) in [6.07, 6.45) is 1.73. The summed E-state index contributed by atoms with van der Waals surface area (Å²) in [6.45, 7) is 4.05. The summed E-state index contributed by atoms with van der Waals surface area (Å²) in [5.74, 6) is -0.444. The number of hydrogen-bond acceptors (Lipinski definition) is 3. The molecular weight excluding hydrogens is 267 g/mol. The van der Waals surface area contributed by atoms with Crippen LogP contribution in [0.25, 0.3) is 0 Å². The van der Waals surface area contributed by atoms with Gasteiger partial charge in [-0.2, -0.15) is 0 Å². The molecular formula is C13H19FN2O2S. The third-order valence-electron chi connectivity index (χ3n) is 3.49. The van der Waals surface area contributed by atoms with Gasteiger partial charge in [-0.25, -0.2) is 17.5 Å². The summed E-state index contributed by atoms with van der Waals surface area (Å²) in [5.41, 5.74) is 0. The number of nitrogens with one attached hydrogen (secondary N) is 2. The van der Waals surface area contributed by atoms with Crippen molar-refractivity contribution in [2.45, 2.75) is 49.7 Å². The first-order valence-corrected chi connectivity index (χ1v) is 7.91. The summed E-state index contributed by atoms with van der Waals surface area (Å²) in [4.78, 5) is 0.0970. The molecule has 6 heteroatoms. The highest BCUT2D eigenvalue weighted by Gasteiger charge is 2.28.